The van der Waals surface area contributed by atoms with Crippen LogP contribution in [0.2, 0.25) is 5.02 Å². The van der Waals surface area contributed by atoms with Gasteiger partial charge in [-0.1, -0.05) is 29.8 Å². The van der Waals surface area contributed by atoms with Gasteiger partial charge in [0.25, 0.3) is 5.91 Å². The summed E-state index contributed by atoms with van der Waals surface area (Å²) in [7, 11) is 0. The van der Waals surface area contributed by atoms with E-state index in [0.29, 0.717) is 40.0 Å². The number of aromatic nitrogens is 2. The number of carbonyl (C=O) groups excluding carboxylic acids is 2. The van der Waals surface area contributed by atoms with E-state index in [4.69, 9.17) is 16.0 Å². The predicted octanol–water partition coefficient (Wildman–Crippen LogP) is 5.21. The topological polar surface area (TPSA) is 97.1 Å². The lowest BCUT2D eigenvalue weighted by atomic mass is 10.1. The number of nitrogens with one attached hydrogen (secondary N) is 2. The molecular weight excluding hydrogens is 428 g/mol. The number of nitrogens with zero attached hydrogens (tertiary/aromatic N) is 2. The van der Waals surface area contributed by atoms with Crippen LogP contribution < -0.4 is 10.6 Å². The Balaban J connectivity index is 1.33. The lowest BCUT2D eigenvalue weighted by molar-refractivity contribution is -0.116. The molecule has 0 aliphatic heterocycles. The average molecular weight is 447 g/mol. The van der Waals surface area contributed by atoms with Crippen LogP contribution in [0, 0.1) is 0 Å². The number of benzene rings is 2. The quantitative estimate of drug-likeness (QED) is 0.406. The highest BCUT2D eigenvalue weighted by atomic mass is 35.5. The van der Waals surface area contributed by atoms with Crippen LogP contribution >= 0.6 is 11.6 Å². The summed E-state index contributed by atoms with van der Waals surface area (Å²) in [6.45, 7) is 0. The summed E-state index contributed by atoms with van der Waals surface area (Å²) in [5.41, 5.74) is 2.35. The number of aryl methyl sites for hydroxylation is 1. The molecule has 2 amide bonds. The zero-order chi connectivity index (χ0) is 22.3. The Morgan fingerprint density at radius 1 is 0.938 bits per heavy atom. The molecule has 7 nitrogen and oxygen atoms in total. The van der Waals surface area contributed by atoms with Crippen LogP contribution in [-0.2, 0) is 11.2 Å². The second-order valence-corrected chi connectivity index (χ2v) is 7.32. The van der Waals surface area contributed by atoms with Crippen LogP contribution in [0.25, 0.3) is 11.3 Å². The van der Waals surface area contributed by atoms with Crippen molar-refractivity contribution in [2.45, 2.75) is 12.8 Å². The second-order valence-electron chi connectivity index (χ2n) is 6.92. The first-order valence-electron chi connectivity index (χ1n) is 9.89. The fourth-order valence-electron chi connectivity index (χ4n) is 3.03. The molecule has 0 unspecified atom stereocenters. The molecule has 2 aromatic carbocycles. The maximum atomic E-state index is 12.4. The summed E-state index contributed by atoms with van der Waals surface area (Å²) in [5, 5.41) is 6.15. The van der Waals surface area contributed by atoms with E-state index >= 15 is 0 Å². The molecule has 2 heterocycles. The Bertz CT molecular complexity index is 1240. The van der Waals surface area contributed by atoms with Crippen molar-refractivity contribution in [1.82, 2.24) is 9.97 Å². The molecule has 0 saturated heterocycles. The maximum absolute atomic E-state index is 12.4. The van der Waals surface area contributed by atoms with Gasteiger partial charge in [0.1, 0.15) is 0 Å². The van der Waals surface area contributed by atoms with Crippen LogP contribution in [0.5, 0.6) is 0 Å². The van der Waals surface area contributed by atoms with Crippen molar-refractivity contribution in [2.24, 2.45) is 0 Å². The van der Waals surface area contributed by atoms with Crippen molar-refractivity contribution >= 4 is 34.8 Å². The van der Waals surface area contributed by atoms with Gasteiger partial charge in [-0.05, 0) is 42.5 Å². The summed E-state index contributed by atoms with van der Waals surface area (Å²) in [6, 6.07) is 17.4. The van der Waals surface area contributed by atoms with Gasteiger partial charge in [0, 0.05) is 47.7 Å². The zero-order valence-corrected chi connectivity index (χ0v) is 17.7. The number of hydrogen-bond acceptors (Lipinski definition) is 5. The number of hydrogen-bond donors (Lipinski definition) is 2. The lowest BCUT2D eigenvalue weighted by Gasteiger charge is -2.08. The van der Waals surface area contributed by atoms with Gasteiger partial charge in [-0.25, -0.2) is 4.98 Å². The van der Waals surface area contributed by atoms with Crippen molar-refractivity contribution in [1.29, 1.82) is 0 Å². The van der Waals surface area contributed by atoms with Crippen LogP contribution in [0.15, 0.2) is 83.7 Å². The number of anilines is 2. The third kappa shape index (κ3) is 5.39. The first-order chi connectivity index (χ1) is 15.6. The molecule has 0 aliphatic carbocycles. The number of halogens is 1. The van der Waals surface area contributed by atoms with Crippen molar-refractivity contribution < 1.29 is 14.0 Å². The number of oxazole rings is 1. The Hall–Kier alpha value is -3.97. The van der Waals surface area contributed by atoms with E-state index in [1.807, 2.05) is 18.2 Å². The largest absolute Gasteiger partial charge is 0.441 e. The zero-order valence-electron chi connectivity index (χ0n) is 16.9. The third-order valence-electron chi connectivity index (χ3n) is 4.61. The van der Waals surface area contributed by atoms with E-state index in [1.54, 1.807) is 61.1 Å². The summed E-state index contributed by atoms with van der Waals surface area (Å²) >= 11 is 6.18. The molecule has 0 bridgehead atoms. The van der Waals surface area contributed by atoms with E-state index in [0.717, 1.165) is 5.56 Å². The van der Waals surface area contributed by atoms with Crippen LogP contribution in [0.3, 0.4) is 0 Å². The minimum atomic E-state index is -0.279. The summed E-state index contributed by atoms with van der Waals surface area (Å²) in [6.07, 6.45) is 5.29. The first kappa shape index (κ1) is 21.3. The minimum Gasteiger partial charge on any atom is -0.441 e. The van der Waals surface area contributed by atoms with Crippen LogP contribution in [0.4, 0.5) is 11.4 Å². The van der Waals surface area contributed by atoms with E-state index in [9.17, 15) is 9.59 Å². The standard InChI is InChI=1S/C24H19ClN4O3/c25-20-7-2-1-6-19(20)21-15-27-23(32-21)9-8-22(30)28-18-5-3-4-16(14-18)24(31)29-17-10-12-26-13-11-17/h1-7,10-15H,8-9H2,(H,28,30)(H,26,29,31). The van der Waals surface area contributed by atoms with E-state index in [2.05, 4.69) is 20.6 Å². The van der Waals surface area contributed by atoms with Crippen LogP contribution in [0.1, 0.15) is 22.7 Å². The van der Waals surface area contributed by atoms with E-state index < -0.39 is 0 Å². The molecule has 32 heavy (non-hydrogen) atoms. The molecule has 0 radical (unpaired) electrons. The van der Waals surface area contributed by atoms with Crippen molar-refractivity contribution in [3.63, 3.8) is 0 Å². The fraction of sp³-hybridized carbons (Fsp3) is 0.0833. The molecule has 0 saturated carbocycles. The highest BCUT2D eigenvalue weighted by Gasteiger charge is 2.12. The van der Waals surface area contributed by atoms with Crippen LogP contribution in [-0.4, -0.2) is 21.8 Å². The summed E-state index contributed by atoms with van der Waals surface area (Å²) < 4.78 is 5.73. The Kier molecular flexibility index (Phi) is 6.57. The summed E-state index contributed by atoms with van der Waals surface area (Å²) in [4.78, 5) is 33.0. The highest BCUT2D eigenvalue weighted by molar-refractivity contribution is 6.33. The first-order valence-corrected chi connectivity index (χ1v) is 10.3. The molecule has 0 atom stereocenters. The second kappa shape index (κ2) is 9.89. The van der Waals surface area contributed by atoms with Crippen molar-refractivity contribution in [2.75, 3.05) is 10.6 Å². The van der Waals surface area contributed by atoms with Gasteiger partial charge in [-0.2, -0.15) is 0 Å². The third-order valence-corrected chi connectivity index (χ3v) is 4.94. The molecule has 160 valence electrons. The number of rotatable bonds is 7. The fourth-order valence-corrected chi connectivity index (χ4v) is 3.26. The number of amides is 2. The lowest BCUT2D eigenvalue weighted by Crippen LogP contribution is -2.15. The Labute approximate surface area is 189 Å². The number of pyridine rings is 1. The molecular formula is C24H19ClN4O3. The highest BCUT2D eigenvalue weighted by Crippen LogP contribution is 2.28. The molecule has 2 N–H and O–H groups in total. The van der Waals surface area contributed by atoms with Gasteiger partial charge in [-0.3, -0.25) is 14.6 Å². The van der Waals surface area contributed by atoms with Gasteiger partial charge >= 0.3 is 0 Å². The van der Waals surface area contributed by atoms with Crippen molar-refractivity contribution in [3.05, 3.63) is 95.7 Å². The maximum Gasteiger partial charge on any atom is 0.255 e. The Morgan fingerprint density at radius 3 is 2.56 bits per heavy atom. The van der Waals surface area contributed by atoms with E-state index in [1.165, 1.54) is 0 Å². The SMILES string of the molecule is O=C(CCc1ncc(-c2ccccc2Cl)o1)Nc1cccc(C(=O)Nc2ccncc2)c1. The molecule has 2 aromatic heterocycles. The van der Waals surface area contributed by atoms with Crippen molar-refractivity contribution in [3.8, 4) is 11.3 Å². The monoisotopic (exact) mass is 446 g/mol. The van der Waals surface area contributed by atoms with Gasteiger partial charge < -0.3 is 15.1 Å². The van der Waals surface area contributed by atoms with Gasteiger partial charge in [0.15, 0.2) is 11.7 Å². The van der Waals surface area contributed by atoms with Gasteiger partial charge in [-0.15, -0.1) is 0 Å². The molecule has 0 aliphatic rings. The molecule has 0 spiro atoms. The molecule has 4 rings (SSSR count). The molecule has 8 heteroatoms. The Morgan fingerprint density at radius 2 is 1.75 bits per heavy atom. The average Bonchev–Trinajstić information content (AvgIpc) is 3.28. The minimum absolute atomic E-state index is 0.177. The molecule has 4 aromatic rings. The smallest absolute Gasteiger partial charge is 0.255 e. The van der Waals surface area contributed by atoms with Gasteiger partial charge in [0.05, 0.1) is 11.2 Å². The molecule has 0 fully saturated rings. The number of carbonyl (C=O) groups is 2. The van der Waals surface area contributed by atoms with Gasteiger partial charge in [0.2, 0.25) is 5.91 Å². The predicted molar refractivity (Wildman–Crippen MR) is 123 cm³/mol. The summed E-state index contributed by atoms with van der Waals surface area (Å²) in [5.74, 6) is 0.507. The van der Waals surface area contributed by atoms with E-state index in [-0.39, 0.29) is 18.2 Å². The normalized spacial score (nSPS) is 10.5.